The topological polar surface area (TPSA) is 62.3 Å². The Balaban J connectivity index is 1.75. The molecule has 5 nitrogen and oxygen atoms in total. The molecule has 2 heterocycles. The van der Waals surface area contributed by atoms with Crippen LogP contribution in [0.15, 0.2) is 36.7 Å². The number of hydrogen-bond donors (Lipinski definition) is 1. The van der Waals surface area contributed by atoms with Gasteiger partial charge >= 0.3 is 0 Å². The first-order valence-corrected chi connectivity index (χ1v) is 7.86. The molecule has 1 aromatic heterocycles. The number of carbonyl (C=O) groups excluding carboxylic acids is 2. The number of amides is 2. The summed E-state index contributed by atoms with van der Waals surface area (Å²) in [6.07, 6.45) is 4.43. The molecule has 0 atom stereocenters. The van der Waals surface area contributed by atoms with Crippen LogP contribution in [0.3, 0.4) is 0 Å². The lowest BCUT2D eigenvalue weighted by atomic mass is 10.1. The van der Waals surface area contributed by atoms with Crippen LogP contribution in [0.1, 0.15) is 39.1 Å². The van der Waals surface area contributed by atoms with E-state index in [0.29, 0.717) is 11.3 Å². The highest BCUT2D eigenvalue weighted by Gasteiger charge is 2.20. The van der Waals surface area contributed by atoms with Crippen molar-refractivity contribution in [2.75, 3.05) is 18.4 Å². The van der Waals surface area contributed by atoms with Crippen LogP contribution in [-0.2, 0) is 0 Å². The molecule has 0 aliphatic carbocycles. The lowest BCUT2D eigenvalue weighted by Crippen LogP contribution is -2.27. The monoisotopic (exact) mass is 327 g/mol. The van der Waals surface area contributed by atoms with Crippen molar-refractivity contribution in [2.45, 2.75) is 19.8 Å². The summed E-state index contributed by atoms with van der Waals surface area (Å²) in [7, 11) is 0. The van der Waals surface area contributed by atoms with Crippen molar-refractivity contribution in [3.05, 3.63) is 59.2 Å². The molecule has 0 unspecified atom stereocenters. The first-order valence-electron chi connectivity index (χ1n) is 7.86. The minimum absolute atomic E-state index is 0.0165. The van der Waals surface area contributed by atoms with Gasteiger partial charge in [-0.15, -0.1) is 0 Å². The Kier molecular flexibility index (Phi) is 4.55. The molecule has 1 fully saturated rings. The number of likely N-dealkylation sites (tertiary alicyclic amines) is 1. The summed E-state index contributed by atoms with van der Waals surface area (Å²) in [6.45, 7) is 3.41. The summed E-state index contributed by atoms with van der Waals surface area (Å²) in [5.74, 6) is -0.988. The van der Waals surface area contributed by atoms with Gasteiger partial charge in [0.15, 0.2) is 0 Å². The lowest BCUT2D eigenvalue weighted by molar-refractivity contribution is 0.0792. The molecular weight excluding hydrogens is 309 g/mol. The van der Waals surface area contributed by atoms with Crippen LogP contribution in [0.5, 0.6) is 0 Å². The number of nitrogens with zero attached hydrogens (tertiary/aromatic N) is 2. The number of nitrogens with one attached hydrogen (secondary N) is 1. The average Bonchev–Trinajstić information content (AvgIpc) is 3.10. The summed E-state index contributed by atoms with van der Waals surface area (Å²) in [5, 5.41) is 2.72. The molecule has 1 aliphatic heterocycles. The van der Waals surface area contributed by atoms with E-state index >= 15 is 0 Å². The fourth-order valence-electron chi connectivity index (χ4n) is 2.77. The minimum Gasteiger partial charge on any atom is -0.339 e. The van der Waals surface area contributed by atoms with Gasteiger partial charge in [-0.2, -0.15) is 0 Å². The molecule has 0 radical (unpaired) electrons. The van der Waals surface area contributed by atoms with E-state index in [-0.39, 0.29) is 11.5 Å². The summed E-state index contributed by atoms with van der Waals surface area (Å²) in [5.41, 5.74) is 2.12. The molecule has 1 N–H and O–H groups in total. The number of pyridine rings is 1. The minimum atomic E-state index is -0.564. The van der Waals surface area contributed by atoms with Crippen LogP contribution >= 0.6 is 0 Å². The molecule has 1 saturated heterocycles. The number of hydrogen-bond acceptors (Lipinski definition) is 3. The van der Waals surface area contributed by atoms with Crippen molar-refractivity contribution in [3.8, 4) is 0 Å². The molecule has 124 valence electrons. The van der Waals surface area contributed by atoms with Gasteiger partial charge in [0.2, 0.25) is 0 Å². The van der Waals surface area contributed by atoms with Crippen LogP contribution in [0, 0.1) is 12.7 Å². The molecule has 1 aromatic carbocycles. The fourth-order valence-corrected chi connectivity index (χ4v) is 2.77. The second-order valence-corrected chi connectivity index (χ2v) is 5.87. The zero-order valence-corrected chi connectivity index (χ0v) is 13.4. The van der Waals surface area contributed by atoms with Gasteiger partial charge in [-0.3, -0.25) is 14.6 Å². The van der Waals surface area contributed by atoms with Gasteiger partial charge in [-0.05, 0) is 49.6 Å². The van der Waals surface area contributed by atoms with Crippen molar-refractivity contribution >= 4 is 17.5 Å². The standard InChI is InChI=1S/C18H18FN3O2/c1-12-8-13(18(24)22-6-2-3-7-22)4-5-16(12)21-17(23)14-9-15(19)11-20-10-14/h4-5,8-11H,2-3,6-7H2,1H3,(H,21,23). The molecule has 0 bridgehead atoms. The van der Waals surface area contributed by atoms with E-state index in [1.165, 1.54) is 6.20 Å². The molecule has 2 amide bonds. The Bertz CT molecular complexity index is 786. The second kappa shape index (κ2) is 6.78. The Morgan fingerprint density at radius 1 is 1.12 bits per heavy atom. The quantitative estimate of drug-likeness (QED) is 0.942. The van der Waals surface area contributed by atoms with Crippen LogP contribution in [0.4, 0.5) is 10.1 Å². The molecule has 6 heteroatoms. The van der Waals surface area contributed by atoms with E-state index in [9.17, 15) is 14.0 Å². The van der Waals surface area contributed by atoms with Gasteiger partial charge < -0.3 is 10.2 Å². The molecule has 24 heavy (non-hydrogen) atoms. The largest absolute Gasteiger partial charge is 0.339 e. The first-order chi connectivity index (χ1) is 11.5. The summed E-state index contributed by atoms with van der Waals surface area (Å²) >= 11 is 0. The van der Waals surface area contributed by atoms with E-state index in [0.717, 1.165) is 43.8 Å². The number of benzene rings is 1. The summed E-state index contributed by atoms with van der Waals surface area (Å²) in [4.78, 5) is 30.0. The Hall–Kier alpha value is -2.76. The van der Waals surface area contributed by atoms with Gasteiger partial charge in [-0.25, -0.2) is 4.39 Å². The number of aryl methyl sites for hydroxylation is 1. The highest BCUT2D eigenvalue weighted by molar-refractivity contribution is 6.04. The van der Waals surface area contributed by atoms with E-state index in [1.54, 1.807) is 18.2 Å². The zero-order chi connectivity index (χ0) is 17.1. The number of aromatic nitrogens is 1. The van der Waals surface area contributed by atoms with Gasteiger partial charge in [-0.1, -0.05) is 0 Å². The van der Waals surface area contributed by atoms with Crippen molar-refractivity contribution in [2.24, 2.45) is 0 Å². The Morgan fingerprint density at radius 3 is 2.54 bits per heavy atom. The van der Waals surface area contributed by atoms with Crippen molar-refractivity contribution < 1.29 is 14.0 Å². The normalized spacial score (nSPS) is 13.8. The maximum atomic E-state index is 13.2. The third-order valence-electron chi connectivity index (χ3n) is 4.08. The third kappa shape index (κ3) is 3.42. The number of rotatable bonds is 3. The van der Waals surface area contributed by atoms with Crippen LogP contribution in [-0.4, -0.2) is 34.8 Å². The molecular formula is C18H18FN3O2. The Morgan fingerprint density at radius 2 is 1.88 bits per heavy atom. The molecule has 2 aromatic rings. The smallest absolute Gasteiger partial charge is 0.257 e. The highest BCUT2D eigenvalue weighted by Crippen LogP contribution is 2.20. The predicted octanol–water partition coefficient (Wildman–Crippen LogP) is 3.02. The second-order valence-electron chi connectivity index (χ2n) is 5.87. The van der Waals surface area contributed by atoms with E-state index < -0.39 is 11.7 Å². The lowest BCUT2D eigenvalue weighted by Gasteiger charge is -2.16. The van der Waals surface area contributed by atoms with E-state index in [2.05, 4.69) is 10.3 Å². The zero-order valence-electron chi connectivity index (χ0n) is 13.4. The van der Waals surface area contributed by atoms with Crippen molar-refractivity contribution in [3.63, 3.8) is 0 Å². The van der Waals surface area contributed by atoms with Crippen LogP contribution in [0.25, 0.3) is 0 Å². The van der Waals surface area contributed by atoms with Gasteiger partial charge in [0, 0.05) is 30.5 Å². The summed E-state index contributed by atoms with van der Waals surface area (Å²) in [6, 6.07) is 6.29. The van der Waals surface area contributed by atoms with E-state index in [4.69, 9.17) is 0 Å². The van der Waals surface area contributed by atoms with E-state index in [1.807, 2.05) is 11.8 Å². The molecule has 3 rings (SSSR count). The fraction of sp³-hybridized carbons (Fsp3) is 0.278. The molecule has 0 saturated carbocycles. The third-order valence-corrected chi connectivity index (χ3v) is 4.08. The SMILES string of the molecule is Cc1cc(C(=O)N2CCCC2)ccc1NC(=O)c1cncc(F)c1. The van der Waals surface area contributed by atoms with Gasteiger partial charge in [0.1, 0.15) is 5.82 Å². The van der Waals surface area contributed by atoms with Gasteiger partial charge in [0.25, 0.3) is 11.8 Å². The van der Waals surface area contributed by atoms with Crippen molar-refractivity contribution in [1.82, 2.24) is 9.88 Å². The van der Waals surface area contributed by atoms with Gasteiger partial charge in [0.05, 0.1) is 11.8 Å². The Labute approximate surface area is 139 Å². The van der Waals surface area contributed by atoms with Crippen LogP contribution < -0.4 is 5.32 Å². The summed E-state index contributed by atoms with van der Waals surface area (Å²) < 4.78 is 13.2. The molecule has 0 spiro atoms. The van der Waals surface area contributed by atoms with Crippen LogP contribution in [0.2, 0.25) is 0 Å². The maximum absolute atomic E-state index is 13.2. The number of carbonyl (C=O) groups is 2. The average molecular weight is 327 g/mol. The maximum Gasteiger partial charge on any atom is 0.257 e. The first kappa shape index (κ1) is 16.1. The number of halogens is 1. The van der Waals surface area contributed by atoms with Crippen molar-refractivity contribution in [1.29, 1.82) is 0 Å². The highest BCUT2D eigenvalue weighted by atomic mass is 19.1. The number of anilines is 1. The predicted molar refractivity (Wildman–Crippen MR) is 88.5 cm³/mol. The molecule has 1 aliphatic rings.